The van der Waals surface area contributed by atoms with Gasteiger partial charge in [-0.2, -0.15) is 4.31 Å². The second-order valence-electron chi connectivity index (χ2n) is 5.95. The van der Waals surface area contributed by atoms with E-state index in [2.05, 4.69) is 0 Å². The van der Waals surface area contributed by atoms with Crippen LogP contribution in [0.2, 0.25) is 0 Å². The van der Waals surface area contributed by atoms with Crippen LogP contribution in [0.5, 0.6) is 0 Å². The van der Waals surface area contributed by atoms with E-state index in [0.29, 0.717) is 0 Å². The Labute approximate surface area is 119 Å². The number of aliphatic hydroxyl groups is 2. The van der Waals surface area contributed by atoms with Gasteiger partial charge in [0, 0.05) is 13.1 Å². The molecule has 1 fully saturated rings. The lowest BCUT2D eigenvalue weighted by Gasteiger charge is -2.46. The number of hydrogen-bond acceptors (Lipinski definition) is 4. The summed E-state index contributed by atoms with van der Waals surface area (Å²) in [5.74, 6) is 0. The average molecular weight is 299 g/mol. The average Bonchev–Trinajstić information content (AvgIpc) is 2.33. The molecule has 0 radical (unpaired) electrons. The topological polar surface area (TPSA) is 77.8 Å². The molecule has 1 aromatic carbocycles. The molecule has 2 atom stereocenters. The molecule has 0 saturated carbocycles. The van der Waals surface area contributed by atoms with Crippen molar-refractivity contribution >= 4 is 10.0 Å². The SMILES string of the molecule is Cc1ccc(S(=O)(=O)N2CC[C@@](C)(O)[C@](C)(O)C2)cc1. The highest BCUT2D eigenvalue weighted by atomic mass is 32.2. The lowest BCUT2D eigenvalue weighted by atomic mass is 9.80. The van der Waals surface area contributed by atoms with Crippen LogP contribution in [0, 0.1) is 6.92 Å². The summed E-state index contributed by atoms with van der Waals surface area (Å²) in [5, 5.41) is 20.4. The van der Waals surface area contributed by atoms with Crippen LogP contribution < -0.4 is 0 Å². The Morgan fingerprint density at radius 3 is 2.15 bits per heavy atom. The van der Waals surface area contributed by atoms with Crippen LogP contribution >= 0.6 is 0 Å². The summed E-state index contributed by atoms with van der Waals surface area (Å²) in [4.78, 5) is 0.209. The van der Waals surface area contributed by atoms with E-state index in [9.17, 15) is 18.6 Å². The van der Waals surface area contributed by atoms with Crippen LogP contribution in [0.15, 0.2) is 29.2 Å². The molecule has 0 spiro atoms. The van der Waals surface area contributed by atoms with E-state index >= 15 is 0 Å². The Bertz CT molecular complexity index is 590. The lowest BCUT2D eigenvalue weighted by molar-refractivity contribution is -0.158. The molecule has 0 aromatic heterocycles. The maximum atomic E-state index is 12.5. The van der Waals surface area contributed by atoms with E-state index < -0.39 is 21.2 Å². The minimum Gasteiger partial charge on any atom is -0.387 e. The Hall–Kier alpha value is -0.950. The van der Waals surface area contributed by atoms with Gasteiger partial charge < -0.3 is 10.2 Å². The number of hydrogen-bond donors (Lipinski definition) is 2. The zero-order chi connectivity index (χ0) is 15.2. The van der Waals surface area contributed by atoms with Crippen molar-refractivity contribution in [3.05, 3.63) is 29.8 Å². The van der Waals surface area contributed by atoms with Crippen molar-refractivity contribution in [1.82, 2.24) is 4.31 Å². The molecule has 1 aliphatic rings. The van der Waals surface area contributed by atoms with E-state index in [4.69, 9.17) is 0 Å². The van der Waals surface area contributed by atoms with E-state index in [-0.39, 0.29) is 24.4 Å². The van der Waals surface area contributed by atoms with E-state index in [1.54, 1.807) is 24.3 Å². The third-order valence-corrected chi connectivity index (χ3v) is 6.01. The van der Waals surface area contributed by atoms with Crippen LogP contribution in [0.4, 0.5) is 0 Å². The van der Waals surface area contributed by atoms with Crippen molar-refractivity contribution in [3.8, 4) is 0 Å². The van der Waals surface area contributed by atoms with E-state index in [0.717, 1.165) is 5.56 Å². The van der Waals surface area contributed by atoms with Crippen molar-refractivity contribution in [2.75, 3.05) is 13.1 Å². The van der Waals surface area contributed by atoms with Gasteiger partial charge in [-0.25, -0.2) is 8.42 Å². The molecule has 112 valence electrons. The molecule has 6 heteroatoms. The Morgan fingerprint density at radius 2 is 1.65 bits per heavy atom. The maximum Gasteiger partial charge on any atom is 0.243 e. The molecule has 0 aliphatic carbocycles. The second-order valence-corrected chi connectivity index (χ2v) is 7.89. The monoisotopic (exact) mass is 299 g/mol. The highest BCUT2D eigenvalue weighted by Gasteiger charge is 2.49. The fourth-order valence-corrected chi connectivity index (χ4v) is 3.80. The van der Waals surface area contributed by atoms with Crippen LogP contribution in [0.1, 0.15) is 25.8 Å². The van der Waals surface area contributed by atoms with Gasteiger partial charge in [0.25, 0.3) is 0 Å². The second kappa shape index (κ2) is 4.80. The first-order valence-electron chi connectivity index (χ1n) is 6.58. The maximum absolute atomic E-state index is 12.5. The summed E-state index contributed by atoms with van der Waals surface area (Å²) in [6.07, 6.45) is 0.199. The third-order valence-electron chi connectivity index (χ3n) is 4.15. The number of piperidine rings is 1. The van der Waals surface area contributed by atoms with Crippen LogP contribution in [0.25, 0.3) is 0 Å². The molecule has 2 N–H and O–H groups in total. The minimum atomic E-state index is -3.64. The van der Waals surface area contributed by atoms with Gasteiger partial charge in [-0.05, 0) is 39.3 Å². The summed E-state index contributed by atoms with van der Waals surface area (Å²) >= 11 is 0. The zero-order valence-electron chi connectivity index (χ0n) is 12.0. The van der Waals surface area contributed by atoms with Gasteiger partial charge in [0.2, 0.25) is 10.0 Å². The molecule has 5 nitrogen and oxygen atoms in total. The lowest BCUT2D eigenvalue weighted by Crippen LogP contribution is -2.62. The Kier molecular flexibility index (Phi) is 3.71. The number of aryl methyl sites for hydroxylation is 1. The zero-order valence-corrected chi connectivity index (χ0v) is 12.8. The summed E-state index contributed by atoms with van der Waals surface area (Å²) in [5.41, 5.74) is -1.77. The normalized spacial score (nSPS) is 32.2. The Balaban J connectivity index is 2.30. The summed E-state index contributed by atoms with van der Waals surface area (Å²) in [6, 6.07) is 6.61. The first kappa shape index (κ1) is 15.4. The molecule has 0 amide bonds. The molecule has 1 saturated heterocycles. The minimum absolute atomic E-state index is 0.115. The molecule has 2 rings (SSSR count). The number of sulfonamides is 1. The van der Waals surface area contributed by atoms with Crippen molar-refractivity contribution in [2.45, 2.75) is 43.3 Å². The highest BCUT2D eigenvalue weighted by Crippen LogP contribution is 2.33. The largest absolute Gasteiger partial charge is 0.387 e. The number of β-amino-alcohol motifs (C(OH)–C–C–N with tert-alkyl or cyclic N) is 1. The molecule has 0 bridgehead atoms. The van der Waals surface area contributed by atoms with Crippen molar-refractivity contribution < 1.29 is 18.6 Å². The first-order chi connectivity index (χ1) is 9.06. The van der Waals surface area contributed by atoms with Crippen molar-refractivity contribution in [2.24, 2.45) is 0 Å². The van der Waals surface area contributed by atoms with Gasteiger partial charge in [0.15, 0.2) is 0 Å². The standard InChI is InChI=1S/C14H21NO4S/c1-11-4-6-12(7-5-11)20(18,19)15-9-8-13(2,16)14(3,17)10-15/h4-7,16-17H,8-10H2,1-3H3/t13-,14-/m1/s1. The fraction of sp³-hybridized carbons (Fsp3) is 0.571. The van der Waals surface area contributed by atoms with E-state index in [1.807, 2.05) is 6.92 Å². The quantitative estimate of drug-likeness (QED) is 0.850. The third kappa shape index (κ3) is 2.61. The van der Waals surface area contributed by atoms with Gasteiger partial charge >= 0.3 is 0 Å². The summed E-state index contributed by atoms with van der Waals surface area (Å²) < 4.78 is 26.3. The molecular formula is C14H21NO4S. The number of benzene rings is 1. The predicted molar refractivity (Wildman–Crippen MR) is 75.8 cm³/mol. The molecule has 1 aromatic rings. The number of rotatable bonds is 2. The van der Waals surface area contributed by atoms with Gasteiger partial charge in [-0.1, -0.05) is 17.7 Å². The van der Waals surface area contributed by atoms with E-state index in [1.165, 1.54) is 18.2 Å². The van der Waals surface area contributed by atoms with Crippen LogP contribution in [0.3, 0.4) is 0 Å². The number of nitrogens with zero attached hydrogens (tertiary/aromatic N) is 1. The van der Waals surface area contributed by atoms with Crippen LogP contribution in [-0.2, 0) is 10.0 Å². The van der Waals surface area contributed by atoms with Gasteiger partial charge in [-0.3, -0.25) is 0 Å². The predicted octanol–water partition coefficient (Wildman–Crippen LogP) is 0.891. The Morgan fingerprint density at radius 1 is 1.10 bits per heavy atom. The van der Waals surface area contributed by atoms with Crippen molar-refractivity contribution in [3.63, 3.8) is 0 Å². The molecule has 20 heavy (non-hydrogen) atoms. The summed E-state index contributed by atoms with van der Waals surface area (Å²) in [6.45, 7) is 4.96. The molecule has 1 heterocycles. The molecular weight excluding hydrogens is 278 g/mol. The summed E-state index contributed by atoms with van der Waals surface area (Å²) in [7, 11) is -3.64. The molecule has 0 unspecified atom stereocenters. The highest BCUT2D eigenvalue weighted by molar-refractivity contribution is 7.89. The first-order valence-corrected chi connectivity index (χ1v) is 8.02. The van der Waals surface area contributed by atoms with Gasteiger partial charge in [0.1, 0.15) is 5.60 Å². The smallest absolute Gasteiger partial charge is 0.243 e. The fourth-order valence-electron chi connectivity index (χ4n) is 2.27. The molecule has 1 aliphatic heterocycles. The van der Waals surface area contributed by atoms with Crippen LogP contribution in [-0.4, -0.2) is 47.2 Å². The van der Waals surface area contributed by atoms with Gasteiger partial charge in [0.05, 0.1) is 10.5 Å². The van der Waals surface area contributed by atoms with Crippen molar-refractivity contribution in [1.29, 1.82) is 0 Å². The van der Waals surface area contributed by atoms with Gasteiger partial charge in [-0.15, -0.1) is 0 Å².